The average Bonchev–Trinajstić information content (AvgIpc) is 2.21. The minimum absolute atomic E-state index is 0.173. The number of hydrogen-bond donors (Lipinski definition) is 0. The van der Waals surface area contributed by atoms with Gasteiger partial charge >= 0.3 is 0 Å². The van der Waals surface area contributed by atoms with E-state index in [1.807, 2.05) is 0 Å². The lowest BCUT2D eigenvalue weighted by Gasteiger charge is -2.23. The van der Waals surface area contributed by atoms with Crippen LogP contribution in [0.1, 0.15) is 26.7 Å². The normalized spacial score (nSPS) is 29.8. The lowest BCUT2D eigenvalue weighted by atomic mass is 9.90. The highest BCUT2D eigenvalue weighted by atomic mass is 32.2. The Morgan fingerprint density at radius 1 is 1.54 bits per heavy atom. The fraction of sp³-hybridized carbons (Fsp3) is 0.889. The van der Waals surface area contributed by atoms with Crippen molar-refractivity contribution < 1.29 is 8.42 Å². The van der Waals surface area contributed by atoms with Crippen LogP contribution in [0.2, 0.25) is 0 Å². The van der Waals surface area contributed by atoms with Crippen LogP contribution in [0.25, 0.3) is 4.85 Å². The van der Waals surface area contributed by atoms with Crippen molar-refractivity contribution in [2.75, 3.05) is 12.3 Å². The zero-order valence-electron chi connectivity index (χ0n) is 8.08. The Kier molecular flexibility index (Phi) is 2.67. The SMILES string of the molecule is [C-]#[N+]CCC1CCS(=O)(=O)C1(C)C. The highest BCUT2D eigenvalue weighted by molar-refractivity contribution is 7.93. The fourth-order valence-electron chi connectivity index (χ4n) is 1.87. The predicted octanol–water partition coefficient (Wildman–Crippen LogP) is 1.51. The van der Waals surface area contributed by atoms with E-state index >= 15 is 0 Å². The molecular weight excluding hydrogens is 186 g/mol. The first-order valence-corrected chi connectivity index (χ1v) is 6.12. The second-order valence-electron chi connectivity index (χ2n) is 4.08. The van der Waals surface area contributed by atoms with Crippen molar-refractivity contribution in [2.24, 2.45) is 5.92 Å². The predicted molar refractivity (Wildman–Crippen MR) is 52.1 cm³/mol. The van der Waals surface area contributed by atoms with Crippen molar-refractivity contribution in [1.82, 2.24) is 0 Å². The highest BCUT2D eigenvalue weighted by Gasteiger charge is 2.47. The van der Waals surface area contributed by atoms with E-state index in [0.717, 1.165) is 12.8 Å². The van der Waals surface area contributed by atoms with Gasteiger partial charge in [0.15, 0.2) is 9.84 Å². The van der Waals surface area contributed by atoms with Gasteiger partial charge in [-0.1, -0.05) is 0 Å². The van der Waals surface area contributed by atoms with E-state index in [1.54, 1.807) is 13.8 Å². The third kappa shape index (κ3) is 1.71. The molecule has 3 nitrogen and oxygen atoms in total. The van der Waals surface area contributed by atoms with E-state index in [9.17, 15) is 8.42 Å². The van der Waals surface area contributed by atoms with Crippen LogP contribution in [0.15, 0.2) is 0 Å². The van der Waals surface area contributed by atoms with Crippen LogP contribution in [0.5, 0.6) is 0 Å². The molecule has 0 spiro atoms. The van der Waals surface area contributed by atoms with E-state index in [4.69, 9.17) is 6.57 Å². The van der Waals surface area contributed by atoms with Crippen LogP contribution in [0.4, 0.5) is 0 Å². The maximum absolute atomic E-state index is 11.6. The minimum Gasteiger partial charge on any atom is -0.317 e. The maximum Gasteiger partial charge on any atom is 0.215 e. The Morgan fingerprint density at radius 2 is 2.15 bits per heavy atom. The molecule has 1 atom stereocenters. The van der Waals surface area contributed by atoms with Crippen molar-refractivity contribution in [2.45, 2.75) is 31.4 Å². The maximum atomic E-state index is 11.6. The zero-order valence-corrected chi connectivity index (χ0v) is 8.89. The molecular formula is C9H15NO2S. The van der Waals surface area contributed by atoms with Crippen LogP contribution >= 0.6 is 0 Å². The van der Waals surface area contributed by atoms with Crippen molar-refractivity contribution in [3.63, 3.8) is 0 Å². The van der Waals surface area contributed by atoms with Crippen LogP contribution < -0.4 is 0 Å². The van der Waals surface area contributed by atoms with Crippen LogP contribution in [-0.4, -0.2) is 25.5 Å². The molecule has 1 aliphatic rings. The van der Waals surface area contributed by atoms with Crippen LogP contribution in [0.3, 0.4) is 0 Å². The van der Waals surface area contributed by atoms with Gasteiger partial charge in [-0.15, -0.1) is 0 Å². The summed E-state index contributed by atoms with van der Waals surface area (Å²) in [6.45, 7) is 10.7. The minimum atomic E-state index is -2.91. The average molecular weight is 201 g/mol. The summed E-state index contributed by atoms with van der Waals surface area (Å²) in [5.41, 5.74) is 0. The molecule has 1 unspecified atom stereocenters. The summed E-state index contributed by atoms with van der Waals surface area (Å²) < 4.78 is 22.5. The van der Waals surface area contributed by atoms with E-state index < -0.39 is 14.6 Å². The van der Waals surface area contributed by atoms with Crippen molar-refractivity contribution in [3.05, 3.63) is 11.4 Å². The topological polar surface area (TPSA) is 38.5 Å². The van der Waals surface area contributed by atoms with Gasteiger partial charge in [0, 0.05) is 6.42 Å². The van der Waals surface area contributed by atoms with E-state index in [-0.39, 0.29) is 5.92 Å². The molecule has 74 valence electrons. The highest BCUT2D eigenvalue weighted by Crippen LogP contribution is 2.38. The number of sulfone groups is 1. The molecule has 0 N–H and O–H groups in total. The third-order valence-corrected chi connectivity index (χ3v) is 5.82. The van der Waals surface area contributed by atoms with Gasteiger partial charge in [-0.3, -0.25) is 0 Å². The lowest BCUT2D eigenvalue weighted by Crippen LogP contribution is -2.33. The van der Waals surface area contributed by atoms with Gasteiger partial charge in [0.05, 0.1) is 10.5 Å². The number of hydrogen-bond acceptors (Lipinski definition) is 2. The number of nitrogens with zero attached hydrogens (tertiary/aromatic N) is 1. The summed E-state index contributed by atoms with van der Waals surface area (Å²) in [5, 5.41) is 0. The van der Waals surface area contributed by atoms with Gasteiger partial charge in [0.2, 0.25) is 6.54 Å². The van der Waals surface area contributed by atoms with Crippen molar-refractivity contribution >= 4 is 9.84 Å². The molecule has 1 aliphatic heterocycles. The molecule has 1 heterocycles. The smallest absolute Gasteiger partial charge is 0.215 e. The molecule has 0 aliphatic carbocycles. The van der Waals surface area contributed by atoms with Gasteiger partial charge in [-0.05, 0) is 26.2 Å². The summed E-state index contributed by atoms with van der Waals surface area (Å²) in [5.74, 6) is 0.467. The van der Waals surface area contributed by atoms with Crippen molar-refractivity contribution in [3.8, 4) is 0 Å². The summed E-state index contributed by atoms with van der Waals surface area (Å²) in [6, 6.07) is 0. The first-order valence-electron chi connectivity index (χ1n) is 4.47. The van der Waals surface area contributed by atoms with E-state index in [1.165, 1.54) is 0 Å². The second-order valence-corrected chi connectivity index (χ2v) is 6.77. The molecule has 1 fully saturated rings. The standard InChI is InChI=1S/C9H15NO2S/c1-9(2)8(4-6-10-3)5-7-13(9,11)12/h8H,4-7H2,1-2H3. The van der Waals surface area contributed by atoms with E-state index in [0.29, 0.717) is 12.3 Å². The molecule has 0 aromatic rings. The second kappa shape index (κ2) is 3.30. The van der Waals surface area contributed by atoms with Gasteiger partial charge < -0.3 is 4.85 Å². The van der Waals surface area contributed by atoms with Gasteiger partial charge in [0.1, 0.15) is 0 Å². The molecule has 0 radical (unpaired) electrons. The quantitative estimate of drug-likeness (QED) is 0.635. The Morgan fingerprint density at radius 3 is 2.54 bits per heavy atom. The van der Waals surface area contributed by atoms with Gasteiger partial charge in [0.25, 0.3) is 0 Å². The largest absolute Gasteiger partial charge is 0.317 e. The van der Waals surface area contributed by atoms with Gasteiger partial charge in [-0.25, -0.2) is 15.0 Å². The van der Waals surface area contributed by atoms with Gasteiger partial charge in [-0.2, -0.15) is 0 Å². The Balaban J connectivity index is 2.78. The van der Waals surface area contributed by atoms with Crippen LogP contribution in [0, 0.1) is 12.5 Å². The zero-order chi connectivity index (χ0) is 10.1. The summed E-state index contributed by atoms with van der Waals surface area (Å²) in [7, 11) is -2.91. The molecule has 1 rings (SSSR count). The number of rotatable bonds is 2. The lowest BCUT2D eigenvalue weighted by molar-refractivity contribution is 0.406. The fourth-order valence-corrected chi connectivity index (χ4v) is 3.74. The Hall–Kier alpha value is -0.560. The molecule has 0 aromatic heterocycles. The third-order valence-electron chi connectivity index (χ3n) is 3.11. The Labute approximate surface area is 79.9 Å². The molecule has 0 saturated carbocycles. The summed E-state index contributed by atoms with van der Waals surface area (Å²) >= 11 is 0. The molecule has 4 heteroatoms. The van der Waals surface area contributed by atoms with Crippen LogP contribution in [-0.2, 0) is 9.84 Å². The molecule has 13 heavy (non-hydrogen) atoms. The molecule has 1 saturated heterocycles. The molecule has 0 aromatic carbocycles. The van der Waals surface area contributed by atoms with E-state index in [2.05, 4.69) is 4.85 Å². The first kappa shape index (κ1) is 10.5. The first-order chi connectivity index (χ1) is 5.92. The molecule has 0 amide bonds. The summed E-state index contributed by atoms with van der Waals surface area (Å²) in [6.07, 6.45) is 1.45. The summed E-state index contributed by atoms with van der Waals surface area (Å²) in [4.78, 5) is 3.27. The monoisotopic (exact) mass is 201 g/mol. The molecule has 0 bridgehead atoms. The Bertz CT molecular complexity index is 324. The van der Waals surface area contributed by atoms with Crippen molar-refractivity contribution in [1.29, 1.82) is 0 Å².